The molecule has 0 atom stereocenters. The maximum absolute atomic E-state index is 6.85. The van der Waals surface area contributed by atoms with Crippen LogP contribution in [0.1, 0.15) is 0 Å². The summed E-state index contributed by atoms with van der Waals surface area (Å²) in [4.78, 5) is 7.08. The Labute approximate surface area is 285 Å². The number of oxazole rings is 1. The largest absolute Gasteiger partial charge is 0.456 e. The Kier molecular flexibility index (Phi) is 5.60. The van der Waals surface area contributed by atoms with E-state index in [4.69, 9.17) is 18.2 Å². The van der Waals surface area contributed by atoms with Crippen LogP contribution in [-0.4, -0.2) is 4.98 Å². The summed E-state index contributed by atoms with van der Waals surface area (Å²) in [5.74, 6) is 0.574. The highest BCUT2D eigenvalue weighted by Gasteiger charge is 2.23. The molecule has 5 nitrogen and oxygen atoms in total. The lowest BCUT2D eigenvalue weighted by atomic mass is 10.0. The zero-order chi connectivity index (χ0) is 32.8. The van der Waals surface area contributed by atoms with Crippen LogP contribution in [0.4, 0.5) is 17.1 Å². The van der Waals surface area contributed by atoms with Crippen LogP contribution in [-0.2, 0) is 0 Å². The van der Waals surface area contributed by atoms with Gasteiger partial charge in [-0.05, 0) is 76.8 Å². The number of hydrogen-bond donors (Lipinski definition) is 0. The molecule has 0 aliphatic carbocycles. The zero-order valence-corrected chi connectivity index (χ0v) is 26.6. The Morgan fingerprint density at radius 3 is 2.06 bits per heavy atom. The van der Waals surface area contributed by atoms with E-state index in [0.717, 1.165) is 93.8 Å². The van der Waals surface area contributed by atoms with Crippen molar-refractivity contribution in [3.63, 3.8) is 0 Å². The molecule has 234 valence electrons. The first kappa shape index (κ1) is 27.1. The van der Waals surface area contributed by atoms with E-state index in [-0.39, 0.29) is 0 Å². The Morgan fingerprint density at radius 2 is 1.12 bits per heavy atom. The Balaban J connectivity index is 1.15. The van der Waals surface area contributed by atoms with Crippen molar-refractivity contribution in [2.24, 2.45) is 0 Å². The van der Waals surface area contributed by atoms with Gasteiger partial charge in [0, 0.05) is 44.2 Å². The maximum atomic E-state index is 6.85. The minimum Gasteiger partial charge on any atom is -0.456 e. The number of para-hydroxylation sites is 3. The molecule has 5 heteroatoms. The summed E-state index contributed by atoms with van der Waals surface area (Å²) in [6.07, 6.45) is 0. The first-order valence-corrected chi connectivity index (χ1v) is 16.7. The fourth-order valence-corrected chi connectivity index (χ4v) is 7.55. The lowest BCUT2D eigenvalue weighted by molar-refractivity contribution is 0.620. The predicted octanol–water partition coefficient (Wildman–Crippen LogP) is 13.1. The van der Waals surface area contributed by atoms with Crippen molar-refractivity contribution in [3.05, 3.63) is 158 Å². The summed E-state index contributed by atoms with van der Waals surface area (Å²) in [5, 5.41) is 8.73. The molecular weight excluding hydrogens is 617 g/mol. The van der Waals surface area contributed by atoms with Crippen LogP contribution in [0.15, 0.2) is 171 Å². The van der Waals surface area contributed by atoms with E-state index in [1.165, 1.54) is 5.39 Å². The van der Waals surface area contributed by atoms with Crippen molar-refractivity contribution < 1.29 is 13.3 Å². The molecule has 0 fully saturated rings. The molecule has 3 heterocycles. The molecular formula is C45H26N2O3. The average molecular weight is 643 g/mol. The third-order valence-electron chi connectivity index (χ3n) is 9.86. The zero-order valence-electron chi connectivity index (χ0n) is 26.6. The molecule has 3 aromatic heterocycles. The van der Waals surface area contributed by atoms with Gasteiger partial charge in [0.1, 0.15) is 22.3 Å². The molecule has 0 unspecified atom stereocenters. The van der Waals surface area contributed by atoms with Gasteiger partial charge in [-0.2, -0.15) is 0 Å². The van der Waals surface area contributed by atoms with Gasteiger partial charge in [0.05, 0.1) is 11.4 Å². The van der Waals surface area contributed by atoms with Crippen molar-refractivity contribution in [1.29, 1.82) is 0 Å². The molecule has 0 N–H and O–H groups in total. The van der Waals surface area contributed by atoms with E-state index in [1.807, 2.05) is 42.5 Å². The number of anilines is 3. The van der Waals surface area contributed by atoms with Crippen molar-refractivity contribution in [1.82, 2.24) is 4.98 Å². The third-order valence-corrected chi connectivity index (χ3v) is 9.86. The molecule has 8 aromatic carbocycles. The van der Waals surface area contributed by atoms with Gasteiger partial charge >= 0.3 is 0 Å². The Bertz CT molecular complexity index is 3090. The third kappa shape index (κ3) is 3.98. The number of rotatable bonds is 4. The Hall–Kier alpha value is -6.85. The minimum atomic E-state index is 0.574. The molecule has 11 rings (SSSR count). The lowest BCUT2D eigenvalue weighted by Crippen LogP contribution is -2.10. The van der Waals surface area contributed by atoms with E-state index in [9.17, 15) is 0 Å². The van der Waals surface area contributed by atoms with Gasteiger partial charge in [-0.3, -0.25) is 0 Å². The predicted molar refractivity (Wildman–Crippen MR) is 204 cm³/mol. The molecule has 0 aliphatic rings. The van der Waals surface area contributed by atoms with Crippen LogP contribution in [0.2, 0.25) is 0 Å². The number of aromatic nitrogens is 1. The molecule has 0 radical (unpaired) electrons. The van der Waals surface area contributed by atoms with E-state index in [0.29, 0.717) is 5.89 Å². The van der Waals surface area contributed by atoms with Crippen LogP contribution in [0.25, 0.3) is 88.0 Å². The highest BCUT2D eigenvalue weighted by molar-refractivity contribution is 6.18. The molecule has 0 aliphatic heterocycles. The molecule has 0 saturated heterocycles. The van der Waals surface area contributed by atoms with E-state index in [2.05, 4.69) is 120 Å². The standard InChI is InChI=1S/C45H26N2O3/c1-2-11-29-25-30(21-19-27(29)9-1)47(38-16-7-13-33-34-23-20-28-10-3-4-12-32(28)43(34)50-44(33)38)31-22-24-35-41(26-31)48-40-18-8-14-36(42(35)40)45-46-37-15-5-6-17-39(37)49-45/h1-26H. The van der Waals surface area contributed by atoms with Crippen LogP contribution >= 0.6 is 0 Å². The molecule has 0 spiro atoms. The number of nitrogens with zero attached hydrogens (tertiary/aromatic N) is 2. The van der Waals surface area contributed by atoms with Crippen molar-refractivity contribution in [3.8, 4) is 11.5 Å². The Morgan fingerprint density at radius 1 is 0.420 bits per heavy atom. The van der Waals surface area contributed by atoms with Crippen LogP contribution in [0, 0.1) is 0 Å². The molecule has 0 bridgehead atoms. The van der Waals surface area contributed by atoms with E-state index in [1.54, 1.807) is 0 Å². The maximum Gasteiger partial charge on any atom is 0.228 e. The van der Waals surface area contributed by atoms with Gasteiger partial charge in [-0.25, -0.2) is 4.98 Å². The van der Waals surface area contributed by atoms with Gasteiger partial charge in [-0.1, -0.05) is 91.0 Å². The SMILES string of the molecule is c1ccc2cc(N(c3ccc4c(c3)oc3cccc(-c5nc6ccccc6o5)c34)c3cccc4c3oc3c5ccccc5ccc43)ccc2c1. The van der Waals surface area contributed by atoms with Gasteiger partial charge in [0.25, 0.3) is 0 Å². The number of hydrogen-bond acceptors (Lipinski definition) is 5. The van der Waals surface area contributed by atoms with Crippen molar-refractivity contribution >= 4 is 93.6 Å². The molecule has 11 aromatic rings. The summed E-state index contributed by atoms with van der Waals surface area (Å²) in [6.45, 7) is 0. The van der Waals surface area contributed by atoms with Gasteiger partial charge in [0.2, 0.25) is 5.89 Å². The monoisotopic (exact) mass is 642 g/mol. The highest BCUT2D eigenvalue weighted by Crippen LogP contribution is 2.46. The summed E-state index contributed by atoms with van der Waals surface area (Å²) in [6, 6.07) is 54.5. The molecule has 0 amide bonds. The topological polar surface area (TPSA) is 55.6 Å². The van der Waals surface area contributed by atoms with Crippen LogP contribution in [0.3, 0.4) is 0 Å². The smallest absolute Gasteiger partial charge is 0.228 e. The van der Waals surface area contributed by atoms with Crippen molar-refractivity contribution in [2.45, 2.75) is 0 Å². The summed E-state index contributed by atoms with van der Waals surface area (Å²) >= 11 is 0. The summed E-state index contributed by atoms with van der Waals surface area (Å²) < 4.78 is 19.7. The van der Waals surface area contributed by atoms with Gasteiger partial charge < -0.3 is 18.2 Å². The van der Waals surface area contributed by atoms with Crippen LogP contribution in [0.5, 0.6) is 0 Å². The second-order valence-electron chi connectivity index (χ2n) is 12.7. The van der Waals surface area contributed by atoms with E-state index < -0.39 is 0 Å². The van der Waals surface area contributed by atoms with Crippen LogP contribution < -0.4 is 4.90 Å². The summed E-state index contributed by atoms with van der Waals surface area (Å²) in [7, 11) is 0. The number of fused-ring (bicyclic) bond motifs is 10. The number of furan rings is 2. The fraction of sp³-hybridized carbons (Fsp3) is 0. The first-order chi connectivity index (χ1) is 24.8. The normalized spacial score (nSPS) is 12.0. The average Bonchev–Trinajstić information content (AvgIpc) is 3.88. The minimum absolute atomic E-state index is 0.574. The lowest BCUT2D eigenvalue weighted by Gasteiger charge is -2.26. The second kappa shape index (κ2) is 10.3. The molecule has 50 heavy (non-hydrogen) atoms. The number of benzene rings is 8. The first-order valence-electron chi connectivity index (χ1n) is 16.7. The van der Waals surface area contributed by atoms with Gasteiger partial charge in [0.15, 0.2) is 11.2 Å². The summed E-state index contributed by atoms with van der Waals surface area (Å²) in [5.41, 5.74) is 8.67. The molecule has 0 saturated carbocycles. The fourth-order valence-electron chi connectivity index (χ4n) is 7.55. The quantitative estimate of drug-likeness (QED) is 0.191. The van der Waals surface area contributed by atoms with E-state index >= 15 is 0 Å². The van der Waals surface area contributed by atoms with Gasteiger partial charge in [-0.15, -0.1) is 0 Å². The second-order valence-corrected chi connectivity index (χ2v) is 12.7. The highest BCUT2D eigenvalue weighted by atomic mass is 16.4. The van der Waals surface area contributed by atoms with Crippen molar-refractivity contribution in [2.75, 3.05) is 4.90 Å².